The Morgan fingerprint density at radius 3 is 2.68 bits per heavy atom. The summed E-state index contributed by atoms with van der Waals surface area (Å²) in [7, 11) is 0. The van der Waals surface area contributed by atoms with Crippen molar-refractivity contribution in [1.82, 2.24) is 15.8 Å². The van der Waals surface area contributed by atoms with Crippen LogP contribution in [-0.4, -0.2) is 37.0 Å². The Balaban J connectivity index is 0.00000341. The van der Waals surface area contributed by atoms with Gasteiger partial charge in [0.2, 0.25) is 0 Å². The summed E-state index contributed by atoms with van der Waals surface area (Å²) in [6, 6.07) is 10.4. The number of guanidine groups is 1. The van der Waals surface area contributed by atoms with Crippen molar-refractivity contribution < 1.29 is 14.0 Å². The van der Waals surface area contributed by atoms with Gasteiger partial charge in [-0.1, -0.05) is 43.3 Å². The van der Waals surface area contributed by atoms with Gasteiger partial charge < -0.3 is 24.6 Å². The lowest BCUT2D eigenvalue weighted by atomic mass is 10.1. The van der Waals surface area contributed by atoms with Crippen molar-refractivity contribution in [2.45, 2.75) is 65.3 Å². The molecule has 3 rings (SSSR count). The Hall–Kier alpha value is -1.65. The van der Waals surface area contributed by atoms with Gasteiger partial charge in [0, 0.05) is 25.8 Å². The van der Waals surface area contributed by atoms with E-state index in [9.17, 15) is 0 Å². The van der Waals surface area contributed by atoms with E-state index in [1.165, 1.54) is 5.56 Å². The fourth-order valence-corrected chi connectivity index (χ4v) is 3.24. The van der Waals surface area contributed by atoms with E-state index in [0.717, 1.165) is 55.6 Å². The second-order valence-electron chi connectivity index (χ2n) is 7.86. The smallest absolute Gasteiger partial charge is 0.191 e. The lowest BCUT2D eigenvalue weighted by Crippen LogP contribution is -2.36. The zero-order chi connectivity index (χ0) is 21.2. The van der Waals surface area contributed by atoms with E-state index in [2.05, 4.69) is 60.8 Å². The molecule has 1 aromatic heterocycles. The Labute approximate surface area is 202 Å². The minimum Gasteiger partial charge on any atom is -0.381 e. The lowest BCUT2D eigenvalue weighted by Gasteiger charge is -2.22. The van der Waals surface area contributed by atoms with Gasteiger partial charge in [-0.15, -0.1) is 24.0 Å². The van der Waals surface area contributed by atoms with Gasteiger partial charge in [-0.3, -0.25) is 0 Å². The van der Waals surface area contributed by atoms with Gasteiger partial charge >= 0.3 is 0 Å². The van der Waals surface area contributed by atoms with Crippen molar-refractivity contribution in [3.63, 3.8) is 0 Å². The molecule has 1 aliphatic rings. The molecule has 0 bridgehead atoms. The summed E-state index contributed by atoms with van der Waals surface area (Å²) in [5, 5.41) is 10.7. The van der Waals surface area contributed by atoms with E-state index in [-0.39, 0.29) is 24.0 Å². The van der Waals surface area contributed by atoms with Gasteiger partial charge in [0.05, 0.1) is 31.5 Å². The molecule has 0 spiro atoms. The quantitative estimate of drug-likeness (QED) is 0.279. The molecule has 1 aromatic carbocycles. The van der Waals surface area contributed by atoms with Crippen LogP contribution in [0.25, 0.3) is 0 Å². The zero-order valence-electron chi connectivity index (χ0n) is 18.7. The van der Waals surface area contributed by atoms with Gasteiger partial charge in [0.1, 0.15) is 0 Å². The molecule has 172 valence electrons. The average Bonchev–Trinajstić information content (AvgIpc) is 3.25. The van der Waals surface area contributed by atoms with Crippen LogP contribution in [-0.2, 0) is 29.2 Å². The summed E-state index contributed by atoms with van der Waals surface area (Å²) < 4.78 is 16.8. The fourth-order valence-electron chi connectivity index (χ4n) is 3.24. The first-order chi connectivity index (χ1) is 14.6. The third-order valence-corrected chi connectivity index (χ3v) is 5.01. The highest BCUT2D eigenvalue weighted by molar-refractivity contribution is 14.0. The maximum atomic E-state index is 6.04. The van der Waals surface area contributed by atoms with Crippen molar-refractivity contribution in [3.8, 4) is 0 Å². The number of ether oxygens (including phenoxy) is 2. The van der Waals surface area contributed by atoms with Crippen LogP contribution in [0.3, 0.4) is 0 Å². The molecule has 1 fully saturated rings. The highest BCUT2D eigenvalue weighted by atomic mass is 127. The second-order valence-corrected chi connectivity index (χ2v) is 7.86. The number of aromatic nitrogens is 1. The number of aliphatic imine (C=N–C) groups is 1. The minimum absolute atomic E-state index is 0. The molecular weight excluding hydrogens is 507 g/mol. The molecule has 2 aromatic rings. The van der Waals surface area contributed by atoms with Crippen LogP contribution < -0.4 is 10.6 Å². The number of hydrogen-bond donors (Lipinski definition) is 2. The first-order valence-electron chi connectivity index (χ1n) is 10.9. The fraction of sp³-hybridized carbons (Fsp3) is 0.565. The Kier molecular flexibility index (Phi) is 11.3. The highest BCUT2D eigenvalue weighted by Gasteiger charge is 2.14. The van der Waals surface area contributed by atoms with Gasteiger partial charge in [-0.2, -0.15) is 0 Å². The van der Waals surface area contributed by atoms with Crippen LogP contribution in [0, 0.1) is 0 Å². The van der Waals surface area contributed by atoms with Crippen molar-refractivity contribution in [3.05, 3.63) is 52.9 Å². The second kappa shape index (κ2) is 13.7. The van der Waals surface area contributed by atoms with E-state index in [4.69, 9.17) is 19.0 Å². The van der Waals surface area contributed by atoms with Crippen LogP contribution in [0.4, 0.5) is 0 Å². The van der Waals surface area contributed by atoms with Crippen LogP contribution in [0.15, 0.2) is 39.8 Å². The molecular formula is C23H35IN4O3. The Morgan fingerprint density at radius 2 is 1.97 bits per heavy atom. The summed E-state index contributed by atoms with van der Waals surface area (Å²) >= 11 is 0. The molecule has 0 atom stereocenters. The molecule has 0 saturated carbocycles. The molecule has 0 unspecified atom stereocenters. The summed E-state index contributed by atoms with van der Waals surface area (Å²) in [5.41, 5.74) is 3.30. The van der Waals surface area contributed by atoms with E-state index in [1.54, 1.807) is 0 Å². The zero-order valence-corrected chi connectivity index (χ0v) is 21.1. The molecule has 2 N–H and O–H groups in total. The first-order valence-corrected chi connectivity index (χ1v) is 10.9. The van der Waals surface area contributed by atoms with Crippen molar-refractivity contribution in [2.75, 3.05) is 19.8 Å². The van der Waals surface area contributed by atoms with Crippen molar-refractivity contribution >= 4 is 29.9 Å². The Morgan fingerprint density at radius 1 is 1.19 bits per heavy atom. The van der Waals surface area contributed by atoms with Crippen molar-refractivity contribution in [1.29, 1.82) is 0 Å². The third kappa shape index (κ3) is 8.78. The van der Waals surface area contributed by atoms with E-state index in [0.29, 0.717) is 31.7 Å². The SMILES string of the molecule is CCNC(=NCc1cccc(COC2CCOCC2)c1)NCc1cc(C(C)C)no1.I. The molecule has 31 heavy (non-hydrogen) atoms. The Bertz CT molecular complexity index is 804. The van der Waals surface area contributed by atoms with E-state index >= 15 is 0 Å². The number of nitrogens with one attached hydrogen (secondary N) is 2. The first kappa shape index (κ1) is 25.6. The molecule has 0 amide bonds. The van der Waals surface area contributed by atoms with E-state index < -0.39 is 0 Å². The summed E-state index contributed by atoms with van der Waals surface area (Å²) in [6.45, 7) is 10.4. The number of hydrogen-bond acceptors (Lipinski definition) is 5. The molecule has 7 nitrogen and oxygen atoms in total. The molecule has 2 heterocycles. The van der Waals surface area contributed by atoms with Gasteiger partial charge in [-0.25, -0.2) is 4.99 Å². The van der Waals surface area contributed by atoms with Gasteiger partial charge in [-0.05, 0) is 36.8 Å². The standard InChI is InChI=1S/C23H34N4O3.HI/c1-4-24-23(26-15-21-13-22(17(2)3)27-30-21)25-14-18-6-5-7-19(12-18)16-29-20-8-10-28-11-9-20;/h5-7,12-13,17,20H,4,8-11,14-16H2,1-3H3,(H2,24,25,26);1H. The van der Waals surface area contributed by atoms with Crippen LogP contribution in [0.2, 0.25) is 0 Å². The molecule has 0 radical (unpaired) electrons. The average molecular weight is 542 g/mol. The predicted molar refractivity (Wildman–Crippen MR) is 133 cm³/mol. The van der Waals surface area contributed by atoms with Crippen LogP contribution in [0.5, 0.6) is 0 Å². The molecule has 1 aliphatic heterocycles. The topological polar surface area (TPSA) is 80.9 Å². The lowest BCUT2D eigenvalue weighted by molar-refractivity contribution is -0.0390. The molecule has 1 saturated heterocycles. The summed E-state index contributed by atoms with van der Waals surface area (Å²) in [5.74, 6) is 1.91. The van der Waals surface area contributed by atoms with Gasteiger partial charge in [0.25, 0.3) is 0 Å². The third-order valence-electron chi connectivity index (χ3n) is 5.01. The van der Waals surface area contributed by atoms with Crippen molar-refractivity contribution in [2.24, 2.45) is 4.99 Å². The largest absolute Gasteiger partial charge is 0.381 e. The number of nitrogens with zero attached hydrogens (tertiary/aromatic N) is 2. The normalized spacial score (nSPS) is 15.0. The van der Waals surface area contributed by atoms with Crippen LogP contribution >= 0.6 is 24.0 Å². The molecule has 0 aliphatic carbocycles. The maximum absolute atomic E-state index is 6.04. The number of halogens is 1. The van der Waals surface area contributed by atoms with E-state index in [1.807, 2.05) is 6.07 Å². The monoisotopic (exact) mass is 542 g/mol. The summed E-state index contributed by atoms with van der Waals surface area (Å²) in [4.78, 5) is 4.71. The van der Waals surface area contributed by atoms with Gasteiger partial charge in [0.15, 0.2) is 11.7 Å². The number of rotatable bonds is 9. The summed E-state index contributed by atoms with van der Waals surface area (Å²) in [6.07, 6.45) is 2.26. The molecule has 8 heteroatoms. The minimum atomic E-state index is 0. The van der Waals surface area contributed by atoms with Crippen LogP contribution in [0.1, 0.15) is 62.1 Å². The number of benzene rings is 1. The highest BCUT2D eigenvalue weighted by Crippen LogP contribution is 2.15. The predicted octanol–water partition coefficient (Wildman–Crippen LogP) is 4.37. The maximum Gasteiger partial charge on any atom is 0.191 e.